The van der Waals surface area contributed by atoms with Gasteiger partial charge in [0.2, 0.25) is 11.8 Å². The van der Waals surface area contributed by atoms with E-state index in [-0.39, 0.29) is 29.3 Å². The smallest absolute Gasteiger partial charge is 0.286 e. The Hall–Kier alpha value is -3.41. The van der Waals surface area contributed by atoms with Gasteiger partial charge in [0.1, 0.15) is 5.70 Å². The second-order valence-corrected chi connectivity index (χ2v) is 6.45. The minimum atomic E-state index is -0.584. The van der Waals surface area contributed by atoms with E-state index in [1.54, 1.807) is 6.08 Å². The minimum absolute atomic E-state index is 0.0596. The van der Waals surface area contributed by atoms with Crippen LogP contribution in [-0.2, 0) is 14.4 Å². The van der Waals surface area contributed by atoms with Gasteiger partial charge in [0.05, 0.1) is 0 Å². The fourth-order valence-corrected chi connectivity index (χ4v) is 2.90. The molecule has 0 radical (unpaired) electrons. The molecule has 0 bridgehead atoms. The molecule has 3 rings (SSSR count). The maximum atomic E-state index is 12.4. The van der Waals surface area contributed by atoms with E-state index in [0.29, 0.717) is 0 Å². The first-order valence-electron chi connectivity index (χ1n) is 8.74. The van der Waals surface area contributed by atoms with E-state index in [1.807, 2.05) is 60.7 Å². The number of hydrazine groups is 1. The Morgan fingerprint density at radius 2 is 1.56 bits per heavy atom. The Bertz CT molecular complexity index is 863. The van der Waals surface area contributed by atoms with Gasteiger partial charge in [-0.25, -0.2) is 0 Å². The molecule has 6 heteroatoms. The zero-order valence-corrected chi connectivity index (χ0v) is 14.9. The number of hydrogen-bond acceptors (Lipinski definition) is 3. The van der Waals surface area contributed by atoms with Crippen LogP contribution >= 0.6 is 0 Å². The summed E-state index contributed by atoms with van der Waals surface area (Å²) in [5.41, 5.74) is 6.77. The SMILES string of the molecule is CC(=O)N/C(=C\c1ccccc1)C(=O)NNC(=O)C1CC1c1ccccc1. The van der Waals surface area contributed by atoms with Gasteiger partial charge >= 0.3 is 0 Å². The van der Waals surface area contributed by atoms with Crippen molar-refractivity contribution in [3.8, 4) is 0 Å². The average Bonchev–Trinajstić information content (AvgIpc) is 3.47. The summed E-state index contributed by atoms with van der Waals surface area (Å²) in [5, 5.41) is 2.49. The van der Waals surface area contributed by atoms with E-state index in [4.69, 9.17) is 0 Å². The number of benzene rings is 2. The van der Waals surface area contributed by atoms with Crippen molar-refractivity contribution >= 4 is 23.8 Å². The average molecular weight is 363 g/mol. The van der Waals surface area contributed by atoms with E-state index in [1.165, 1.54) is 6.92 Å². The molecule has 1 aliphatic carbocycles. The van der Waals surface area contributed by atoms with Gasteiger partial charge in [0, 0.05) is 12.8 Å². The van der Waals surface area contributed by atoms with Crippen LogP contribution in [0.3, 0.4) is 0 Å². The van der Waals surface area contributed by atoms with Crippen LogP contribution in [0.4, 0.5) is 0 Å². The van der Waals surface area contributed by atoms with Crippen LogP contribution in [0.5, 0.6) is 0 Å². The van der Waals surface area contributed by atoms with Gasteiger partial charge in [0.15, 0.2) is 0 Å². The maximum Gasteiger partial charge on any atom is 0.286 e. The van der Waals surface area contributed by atoms with Crippen molar-refractivity contribution in [3.63, 3.8) is 0 Å². The van der Waals surface area contributed by atoms with Crippen molar-refractivity contribution in [1.29, 1.82) is 0 Å². The van der Waals surface area contributed by atoms with E-state index in [2.05, 4.69) is 16.2 Å². The topological polar surface area (TPSA) is 87.3 Å². The first kappa shape index (κ1) is 18.4. The second-order valence-electron chi connectivity index (χ2n) is 6.45. The molecule has 27 heavy (non-hydrogen) atoms. The summed E-state index contributed by atoms with van der Waals surface area (Å²) in [6.45, 7) is 1.32. The molecule has 2 atom stereocenters. The summed E-state index contributed by atoms with van der Waals surface area (Å²) in [7, 11) is 0. The minimum Gasteiger partial charge on any atom is -0.322 e. The highest BCUT2D eigenvalue weighted by atomic mass is 16.2. The largest absolute Gasteiger partial charge is 0.322 e. The number of carbonyl (C=O) groups excluding carboxylic acids is 3. The van der Waals surface area contributed by atoms with Gasteiger partial charge in [-0.1, -0.05) is 60.7 Å². The molecule has 1 fully saturated rings. The molecule has 6 nitrogen and oxygen atoms in total. The van der Waals surface area contributed by atoms with E-state index >= 15 is 0 Å². The molecule has 1 aliphatic rings. The molecule has 1 saturated carbocycles. The van der Waals surface area contributed by atoms with Gasteiger partial charge in [-0.15, -0.1) is 0 Å². The summed E-state index contributed by atoms with van der Waals surface area (Å²) in [6.07, 6.45) is 2.30. The molecule has 0 aromatic heterocycles. The molecule has 2 aromatic rings. The predicted octanol–water partition coefficient (Wildman–Crippen LogP) is 2.11. The van der Waals surface area contributed by atoms with Crippen molar-refractivity contribution in [2.24, 2.45) is 5.92 Å². The lowest BCUT2D eigenvalue weighted by atomic mass is 10.1. The first-order valence-corrected chi connectivity index (χ1v) is 8.74. The number of rotatable bonds is 5. The Morgan fingerprint density at radius 1 is 0.926 bits per heavy atom. The molecule has 3 N–H and O–H groups in total. The fourth-order valence-electron chi connectivity index (χ4n) is 2.90. The zero-order chi connectivity index (χ0) is 19.2. The summed E-state index contributed by atoms with van der Waals surface area (Å²) in [6, 6.07) is 18.9. The lowest BCUT2D eigenvalue weighted by Gasteiger charge is -2.11. The Kier molecular flexibility index (Phi) is 5.66. The van der Waals surface area contributed by atoms with Crippen molar-refractivity contribution in [2.75, 3.05) is 0 Å². The zero-order valence-electron chi connectivity index (χ0n) is 14.9. The molecule has 2 unspecified atom stereocenters. The first-order chi connectivity index (χ1) is 13.0. The van der Waals surface area contributed by atoms with Crippen molar-refractivity contribution < 1.29 is 14.4 Å². The highest BCUT2D eigenvalue weighted by Crippen LogP contribution is 2.47. The second kappa shape index (κ2) is 8.31. The van der Waals surface area contributed by atoms with Crippen LogP contribution in [0.2, 0.25) is 0 Å². The summed E-state index contributed by atoms with van der Waals surface area (Å²) in [5.74, 6) is -1.17. The molecule has 0 aliphatic heterocycles. The Morgan fingerprint density at radius 3 is 2.19 bits per heavy atom. The molecule has 0 saturated heterocycles. The summed E-state index contributed by atoms with van der Waals surface area (Å²) >= 11 is 0. The molecule has 3 amide bonds. The number of carbonyl (C=O) groups is 3. The third-order valence-corrected chi connectivity index (χ3v) is 4.32. The normalized spacial score (nSPS) is 18.3. The van der Waals surface area contributed by atoms with Crippen LogP contribution in [-0.4, -0.2) is 17.7 Å². The van der Waals surface area contributed by atoms with Gasteiger partial charge < -0.3 is 5.32 Å². The Balaban J connectivity index is 1.59. The highest BCUT2D eigenvalue weighted by molar-refractivity contribution is 6.01. The molecule has 0 spiro atoms. The van der Waals surface area contributed by atoms with Crippen molar-refractivity contribution in [1.82, 2.24) is 16.2 Å². The Labute approximate surface area is 157 Å². The van der Waals surface area contributed by atoms with E-state index in [9.17, 15) is 14.4 Å². The highest BCUT2D eigenvalue weighted by Gasteiger charge is 2.44. The third kappa shape index (κ3) is 5.04. The van der Waals surface area contributed by atoms with Crippen LogP contribution < -0.4 is 16.2 Å². The van der Waals surface area contributed by atoms with Gasteiger partial charge in [-0.05, 0) is 29.5 Å². The number of nitrogens with one attached hydrogen (secondary N) is 3. The van der Waals surface area contributed by atoms with Gasteiger partial charge in [-0.2, -0.15) is 0 Å². The van der Waals surface area contributed by atoms with Crippen molar-refractivity contribution in [2.45, 2.75) is 19.3 Å². The number of amides is 3. The molecule has 138 valence electrons. The molecule has 2 aromatic carbocycles. The van der Waals surface area contributed by atoms with E-state index < -0.39 is 5.91 Å². The quantitative estimate of drug-likeness (QED) is 0.562. The van der Waals surface area contributed by atoms with Crippen LogP contribution in [0, 0.1) is 5.92 Å². The van der Waals surface area contributed by atoms with Crippen LogP contribution in [0.25, 0.3) is 6.08 Å². The van der Waals surface area contributed by atoms with Gasteiger partial charge in [-0.3, -0.25) is 25.2 Å². The van der Waals surface area contributed by atoms with E-state index in [0.717, 1.165) is 17.5 Å². The van der Waals surface area contributed by atoms with Crippen LogP contribution in [0.15, 0.2) is 66.4 Å². The van der Waals surface area contributed by atoms with Crippen molar-refractivity contribution in [3.05, 3.63) is 77.5 Å². The van der Waals surface area contributed by atoms with Gasteiger partial charge in [0.25, 0.3) is 5.91 Å². The summed E-state index contributed by atoms with van der Waals surface area (Å²) < 4.78 is 0. The summed E-state index contributed by atoms with van der Waals surface area (Å²) in [4.78, 5) is 36.0. The predicted molar refractivity (Wildman–Crippen MR) is 102 cm³/mol. The molecular formula is C21H21N3O3. The lowest BCUT2D eigenvalue weighted by Crippen LogP contribution is -2.45. The fraction of sp³-hybridized carbons (Fsp3) is 0.190. The monoisotopic (exact) mass is 363 g/mol. The maximum absolute atomic E-state index is 12.4. The molecular weight excluding hydrogens is 342 g/mol. The van der Waals surface area contributed by atoms with Crippen LogP contribution in [0.1, 0.15) is 30.4 Å². The lowest BCUT2D eigenvalue weighted by molar-refractivity contribution is -0.128. The molecule has 0 heterocycles. The third-order valence-electron chi connectivity index (χ3n) is 4.32. The number of hydrogen-bond donors (Lipinski definition) is 3. The standard InChI is InChI=1S/C21H21N3O3/c1-14(25)22-19(12-15-8-4-2-5-9-15)21(27)24-23-20(26)18-13-17(18)16-10-6-3-7-11-16/h2-12,17-18H,13H2,1H3,(H,22,25)(H,23,26)(H,24,27)/b19-12-.